The lowest BCUT2D eigenvalue weighted by atomic mass is 9.93. The Hall–Kier alpha value is -0.0700. The summed E-state index contributed by atoms with van der Waals surface area (Å²) in [6.45, 7) is 1.73. The van der Waals surface area contributed by atoms with Gasteiger partial charge >= 0.3 is 0 Å². The minimum atomic E-state index is 0.363. The smallest absolute Gasteiger partial charge is 0.0469 e. The number of ether oxygens (including phenoxy) is 1. The fourth-order valence-corrected chi connectivity index (χ4v) is 3.49. The molecule has 100 valence electrons. The van der Waals surface area contributed by atoms with E-state index in [4.69, 9.17) is 10.6 Å². The van der Waals surface area contributed by atoms with Crippen molar-refractivity contribution < 1.29 is 4.74 Å². The summed E-state index contributed by atoms with van der Waals surface area (Å²) in [5.74, 6) is 7.31. The molecule has 3 N–H and O–H groups in total. The zero-order valence-corrected chi connectivity index (χ0v) is 12.7. The van der Waals surface area contributed by atoms with E-state index in [0.29, 0.717) is 12.0 Å². The average molecular weight is 331 g/mol. The highest BCUT2D eigenvalue weighted by Crippen LogP contribution is 2.26. The molecule has 1 atom stereocenters. The molecule has 0 saturated carbocycles. The van der Waals surface area contributed by atoms with Gasteiger partial charge in [0.25, 0.3) is 0 Å². The molecule has 0 aromatic heterocycles. The molecule has 1 unspecified atom stereocenters. The van der Waals surface area contributed by atoms with Gasteiger partial charge in [0.05, 0.1) is 0 Å². The van der Waals surface area contributed by atoms with Gasteiger partial charge in [0.1, 0.15) is 0 Å². The third-order valence-corrected chi connectivity index (χ3v) is 4.95. The normalized spacial score (nSPS) is 18.8. The molecular weight excluding hydrogens is 312 g/mol. The molecule has 1 aromatic rings. The summed E-state index contributed by atoms with van der Waals surface area (Å²) >= 11 is 5.30. The van der Waals surface area contributed by atoms with E-state index in [2.05, 4.69) is 45.6 Å². The third-order valence-electron chi connectivity index (χ3n) is 3.29. The molecule has 1 fully saturated rings. The van der Waals surface area contributed by atoms with E-state index in [1.807, 2.05) is 11.8 Å². The predicted molar refractivity (Wildman–Crippen MR) is 79.5 cm³/mol. The van der Waals surface area contributed by atoms with Crippen LogP contribution in [-0.2, 0) is 4.74 Å². The molecule has 1 saturated heterocycles. The third kappa shape index (κ3) is 4.24. The summed E-state index contributed by atoms with van der Waals surface area (Å²) in [6.07, 6.45) is 2.21. The number of thioether (sulfide) groups is 1. The Kier molecular flexibility index (Phi) is 5.98. The molecule has 18 heavy (non-hydrogen) atoms. The Morgan fingerprint density at radius 1 is 1.33 bits per heavy atom. The van der Waals surface area contributed by atoms with Crippen molar-refractivity contribution in [1.29, 1.82) is 0 Å². The molecule has 1 aliphatic rings. The van der Waals surface area contributed by atoms with Crippen LogP contribution in [0, 0.1) is 5.92 Å². The molecule has 0 spiro atoms. The predicted octanol–water partition coefficient (Wildman–Crippen LogP) is 2.80. The molecule has 5 heteroatoms. The number of hydrogen-bond acceptors (Lipinski definition) is 4. The van der Waals surface area contributed by atoms with Crippen molar-refractivity contribution in [1.82, 2.24) is 5.43 Å². The van der Waals surface area contributed by atoms with Crippen LogP contribution in [-0.4, -0.2) is 25.0 Å². The molecule has 1 aliphatic heterocycles. The van der Waals surface area contributed by atoms with Crippen molar-refractivity contribution in [3.8, 4) is 0 Å². The number of halogens is 1. The van der Waals surface area contributed by atoms with Crippen molar-refractivity contribution >= 4 is 27.7 Å². The van der Waals surface area contributed by atoms with Crippen molar-refractivity contribution in [2.45, 2.75) is 23.8 Å². The van der Waals surface area contributed by atoms with E-state index in [1.54, 1.807) is 0 Å². The van der Waals surface area contributed by atoms with Crippen LogP contribution in [0.1, 0.15) is 12.8 Å². The van der Waals surface area contributed by atoms with Crippen molar-refractivity contribution in [3.05, 3.63) is 28.7 Å². The molecular formula is C13H19BrN2OS. The SMILES string of the molecule is NNC(CSc1ccc(Br)cc1)C1CCOCC1. The Balaban J connectivity index is 1.84. The number of benzene rings is 1. The summed E-state index contributed by atoms with van der Waals surface area (Å²) in [5, 5.41) is 0. The quantitative estimate of drug-likeness (QED) is 0.495. The van der Waals surface area contributed by atoms with Crippen LogP contribution in [0.5, 0.6) is 0 Å². The van der Waals surface area contributed by atoms with Crippen LogP contribution < -0.4 is 11.3 Å². The second-order valence-corrected chi connectivity index (χ2v) is 6.50. The molecule has 0 aliphatic carbocycles. The minimum absolute atomic E-state index is 0.363. The number of hydrazine groups is 1. The zero-order chi connectivity index (χ0) is 12.8. The molecule has 0 bridgehead atoms. The number of nitrogens with one attached hydrogen (secondary N) is 1. The van der Waals surface area contributed by atoms with Gasteiger partial charge in [-0.25, -0.2) is 0 Å². The lowest BCUT2D eigenvalue weighted by molar-refractivity contribution is 0.0566. The molecule has 2 rings (SSSR count). The van der Waals surface area contributed by atoms with Gasteiger partial charge in [0, 0.05) is 34.4 Å². The van der Waals surface area contributed by atoms with Gasteiger partial charge in [-0.05, 0) is 43.0 Å². The first-order valence-corrected chi connectivity index (χ1v) is 7.99. The molecule has 3 nitrogen and oxygen atoms in total. The standard InChI is InChI=1S/C13H19BrN2OS/c14-11-1-3-12(4-2-11)18-9-13(16-15)10-5-7-17-8-6-10/h1-4,10,13,16H,5-9,15H2. The lowest BCUT2D eigenvalue weighted by Crippen LogP contribution is -2.44. The highest BCUT2D eigenvalue weighted by Gasteiger charge is 2.23. The molecule has 1 heterocycles. The lowest BCUT2D eigenvalue weighted by Gasteiger charge is -2.29. The molecule has 1 aromatic carbocycles. The van der Waals surface area contributed by atoms with Gasteiger partial charge < -0.3 is 4.74 Å². The monoisotopic (exact) mass is 330 g/mol. The van der Waals surface area contributed by atoms with E-state index in [-0.39, 0.29) is 0 Å². The summed E-state index contributed by atoms with van der Waals surface area (Å²) in [4.78, 5) is 1.28. The second-order valence-electron chi connectivity index (χ2n) is 4.49. The van der Waals surface area contributed by atoms with E-state index in [1.165, 1.54) is 4.90 Å². The Labute approximate surface area is 121 Å². The van der Waals surface area contributed by atoms with Crippen molar-refractivity contribution in [2.24, 2.45) is 11.8 Å². The zero-order valence-electron chi connectivity index (χ0n) is 10.3. The van der Waals surface area contributed by atoms with Gasteiger partial charge in [-0.1, -0.05) is 15.9 Å². The van der Waals surface area contributed by atoms with Gasteiger partial charge in [0.2, 0.25) is 0 Å². The minimum Gasteiger partial charge on any atom is -0.381 e. The van der Waals surface area contributed by atoms with Crippen LogP contribution in [0.25, 0.3) is 0 Å². The first-order chi connectivity index (χ1) is 8.79. The first kappa shape index (κ1) is 14.3. The van der Waals surface area contributed by atoms with Crippen molar-refractivity contribution in [2.75, 3.05) is 19.0 Å². The molecule has 0 amide bonds. The number of hydrogen-bond donors (Lipinski definition) is 2. The summed E-state index contributed by atoms with van der Waals surface area (Å²) in [6, 6.07) is 8.77. The second kappa shape index (κ2) is 7.50. The Morgan fingerprint density at radius 2 is 2.00 bits per heavy atom. The number of nitrogens with two attached hydrogens (primary N) is 1. The van der Waals surface area contributed by atoms with Crippen LogP contribution >= 0.6 is 27.7 Å². The van der Waals surface area contributed by atoms with Crippen LogP contribution in [0.15, 0.2) is 33.6 Å². The fourth-order valence-electron chi connectivity index (χ4n) is 2.16. The summed E-state index contributed by atoms with van der Waals surface area (Å²) in [5.41, 5.74) is 2.97. The van der Waals surface area contributed by atoms with Gasteiger partial charge in [-0.3, -0.25) is 11.3 Å². The largest absolute Gasteiger partial charge is 0.381 e. The maximum Gasteiger partial charge on any atom is 0.0469 e. The van der Waals surface area contributed by atoms with E-state index in [9.17, 15) is 0 Å². The van der Waals surface area contributed by atoms with E-state index < -0.39 is 0 Å². The Bertz CT molecular complexity index is 355. The van der Waals surface area contributed by atoms with Crippen LogP contribution in [0.2, 0.25) is 0 Å². The Morgan fingerprint density at radius 3 is 2.61 bits per heavy atom. The van der Waals surface area contributed by atoms with E-state index >= 15 is 0 Å². The van der Waals surface area contributed by atoms with Crippen molar-refractivity contribution in [3.63, 3.8) is 0 Å². The van der Waals surface area contributed by atoms with Gasteiger partial charge in [-0.2, -0.15) is 0 Å². The van der Waals surface area contributed by atoms with Gasteiger partial charge in [-0.15, -0.1) is 11.8 Å². The van der Waals surface area contributed by atoms with E-state index in [0.717, 1.165) is 36.3 Å². The highest BCUT2D eigenvalue weighted by atomic mass is 79.9. The average Bonchev–Trinajstić information content (AvgIpc) is 2.43. The fraction of sp³-hybridized carbons (Fsp3) is 0.538. The topological polar surface area (TPSA) is 47.3 Å². The van der Waals surface area contributed by atoms with Gasteiger partial charge in [0.15, 0.2) is 0 Å². The maximum atomic E-state index is 5.68. The number of rotatable bonds is 5. The van der Waals surface area contributed by atoms with Crippen LogP contribution in [0.4, 0.5) is 0 Å². The highest BCUT2D eigenvalue weighted by molar-refractivity contribution is 9.10. The first-order valence-electron chi connectivity index (χ1n) is 6.22. The summed E-state index contributed by atoms with van der Waals surface area (Å²) in [7, 11) is 0. The molecule has 0 radical (unpaired) electrons. The maximum absolute atomic E-state index is 5.68. The summed E-state index contributed by atoms with van der Waals surface area (Å²) < 4.78 is 6.51. The van der Waals surface area contributed by atoms with Crippen LogP contribution in [0.3, 0.4) is 0 Å².